The van der Waals surface area contributed by atoms with Crippen molar-refractivity contribution in [2.45, 2.75) is 0 Å². The van der Waals surface area contributed by atoms with Gasteiger partial charge in [-0.15, -0.1) is 0 Å². The quantitative estimate of drug-likeness (QED) is 0.582. The number of ether oxygens (including phenoxy) is 1. The second kappa shape index (κ2) is 4.39. The van der Waals surface area contributed by atoms with E-state index in [4.69, 9.17) is 27.9 Å². The van der Waals surface area contributed by atoms with Gasteiger partial charge in [-0.1, -0.05) is 11.6 Å². The van der Waals surface area contributed by atoms with Gasteiger partial charge >= 0.3 is 0 Å². The van der Waals surface area contributed by atoms with Gasteiger partial charge in [0, 0.05) is 6.07 Å². The van der Waals surface area contributed by atoms with E-state index in [2.05, 4.69) is 4.98 Å². The summed E-state index contributed by atoms with van der Waals surface area (Å²) >= 11 is 10.3. The average molecular weight is 224 g/mol. The minimum absolute atomic E-state index is 0.107. The largest absolute Gasteiger partial charge is 0.483 e. The number of hydrogen-bond donors (Lipinski definition) is 0. The molecule has 0 spiro atoms. The van der Waals surface area contributed by atoms with Crippen molar-refractivity contribution in [3.63, 3.8) is 0 Å². The number of hydrogen-bond acceptors (Lipinski definition) is 3. The lowest BCUT2D eigenvalue weighted by molar-refractivity contribution is -0.113. The second-order valence-corrected chi connectivity index (χ2v) is 2.87. The molecule has 0 saturated carbocycles. The van der Waals surface area contributed by atoms with Gasteiger partial charge in [-0.2, -0.15) is 0 Å². The highest BCUT2D eigenvalue weighted by Gasteiger charge is 2.04. The Morgan fingerprint density at radius 3 is 2.92 bits per heavy atom. The van der Waals surface area contributed by atoms with Crippen molar-refractivity contribution >= 4 is 28.4 Å². The Morgan fingerprint density at radius 2 is 2.38 bits per heavy atom. The van der Waals surface area contributed by atoms with Crippen LogP contribution >= 0.6 is 23.2 Å². The van der Waals surface area contributed by atoms with Crippen LogP contribution in [-0.2, 0) is 4.79 Å². The number of rotatable bonds is 3. The van der Waals surface area contributed by atoms with Gasteiger partial charge in [0.15, 0.2) is 17.6 Å². The van der Waals surface area contributed by atoms with E-state index in [1.807, 2.05) is 0 Å². The molecule has 0 aromatic carbocycles. The molecule has 1 aromatic rings. The maximum atomic E-state index is 12.7. The summed E-state index contributed by atoms with van der Waals surface area (Å²) < 4.78 is 17.5. The molecular weight excluding hydrogens is 220 g/mol. The zero-order chi connectivity index (χ0) is 9.84. The van der Waals surface area contributed by atoms with Gasteiger partial charge in [-0.3, -0.25) is 4.79 Å². The van der Waals surface area contributed by atoms with Crippen molar-refractivity contribution in [2.75, 3.05) is 6.61 Å². The molecule has 6 heteroatoms. The van der Waals surface area contributed by atoms with E-state index in [-0.39, 0.29) is 17.5 Å². The van der Waals surface area contributed by atoms with Gasteiger partial charge in [0.05, 0.1) is 6.20 Å². The molecule has 0 aliphatic carbocycles. The molecule has 0 amide bonds. The molecule has 0 bridgehead atoms. The summed E-state index contributed by atoms with van der Waals surface area (Å²) in [6, 6.07) is 1.02. The van der Waals surface area contributed by atoms with Crippen molar-refractivity contribution < 1.29 is 13.9 Å². The number of carbonyl (C=O) groups excluding carboxylic acids is 1. The van der Waals surface area contributed by atoms with Gasteiger partial charge < -0.3 is 4.74 Å². The first-order chi connectivity index (χ1) is 6.09. The molecule has 1 rings (SSSR count). The van der Waals surface area contributed by atoms with Crippen LogP contribution in [0.25, 0.3) is 0 Å². The molecule has 0 unspecified atom stereocenters. The molecule has 70 valence electrons. The fraction of sp³-hybridized carbons (Fsp3) is 0.143. The van der Waals surface area contributed by atoms with Crippen LogP contribution < -0.4 is 4.74 Å². The monoisotopic (exact) mass is 223 g/mol. The topological polar surface area (TPSA) is 39.2 Å². The number of nitrogens with zero attached hydrogens (tertiary/aromatic N) is 1. The van der Waals surface area contributed by atoms with E-state index in [0.29, 0.717) is 0 Å². The smallest absolute Gasteiger partial charge is 0.259 e. The highest BCUT2D eigenvalue weighted by molar-refractivity contribution is 6.63. The normalized spacial score (nSPS) is 9.77. The van der Waals surface area contributed by atoms with Crippen molar-refractivity contribution in [3.05, 3.63) is 23.2 Å². The summed E-state index contributed by atoms with van der Waals surface area (Å²) in [6.45, 7) is -0.329. The Bertz CT molecular complexity index is 332. The average Bonchev–Trinajstić information content (AvgIpc) is 2.07. The minimum Gasteiger partial charge on any atom is -0.483 e. The maximum Gasteiger partial charge on any atom is 0.259 e. The zero-order valence-electron chi connectivity index (χ0n) is 6.26. The summed E-state index contributed by atoms with van der Waals surface area (Å²) in [6.07, 6.45) is 1.20. The second-order valence-electron chi connectivity index (χ2n) is 2.09. The van der Waals surface area contributed by atoms with E-state index >= 15 is 0 Å². The van der Waals surface area contributed by atoms with Crippen LogP contribution in [-0.4, -0.2) is 16.8 Å². The summed E-state index contributed by atoms with van der Waals surface area (Å²) in [5.74, 6) is -0.600. The Labute approximate surface area is 83.4 Å². The Hall–Kier alpha value is -0.870. The van der Waals surface area contributed by atoms with E-state index in [0.717, 1.165) is 6.07 Å². The molecule has 0 saturated heterocycles. The molecule has 1 aromatic heterocycles. The molecule has 3 nitrogen and oxygen atoms in total. The Kier molecular flexibility index (Phi) is 3.45. The van der Waals surface area contributed by atoms with Crippen molar-refractivity contribution in [2.24, 2.45) is 0 Å². The van der Waals surface area contributed by atoms with Gasteiger partial charge in [0.25, 0.3) is 5.24 Å². The summed E-state index contributed by atoms with van der Waals surface area (Å²) in [7, 11) is 0. The molecule has 0 N–H and O–H groups in total. The molecule has 0 aliphatic heterocycles. The van der Waals surface area contributed by atoms with Crippen LogP contribution in [0.1, 0.15) is 0 Å². The summed E-state index contributed by atoms with van der Waals surface area (Å²) in [5, 5.41) is -0.917. The first-order valence-electron chi connectivity index (χ1n) is 3.22. The van der Waals surface area contributed by atoms with Crippen LogP contribution in [0.15, 0.2) is 12.3 Å². The molecule has 13 heavy (non-hydrogen) atoms. The van der Waals surface area contributed by atoms with Crippen LogP contribution in [0.2, 0.25) is 5.15 Å². The third kappa shape index (κ3) is 3.16. The standard InChI is InChI=1S/C7H4Cl2FNO2/c8-6(12)3-13-4-1-5(10)7(9)11-2-4/h1-2H,3H2. The third-order valence-corrected chi connectivity index (χ3v) is 1.51. The van der Waals surface area contributed by atoms with E-state index in [1.165, 1.54) is 6.20 Å². The van der Waals surface area contributed by atoms with E-state index in [1.54, 1.807) is 0 Å². The number of carbonyl (C=O) groups is 1. The predicted molar refractivity (Wildman–Crippen MR) is 45.6 cm³/mol. The third-order valence-electron chi connectivity index (χ3n) is 1.12. The SMILES string of the molecule is O=C(Cl)COc1cnc(Cl)c(F)c1. The molecule has 0 atom stereocenters. The van der Waals surface area contributed by atoms with Gasteiger partial charge in [-0.05, 0) is 11.6 Å². The molecule has 0 fully saturated rings. The Morgan fingerprint density at radius 1 is 1.69 bits per heavy atom. The lowest BCUT2D eigenvalue weighted by Gasteiger charge is -2.02. The fourth-order valence-corrected chi connectivity index (χ4v) is 0.781. The fourth-order valence-electron chi connectivity index (χ4n) is 0.623. The van der Waals surface area contributed by atoms with Crippen molar-refractivity contribution in [1.29, 1.82) is 0 Å². The van der Waals surface area contributed by atoms with Gasteiger partial charge in [0.2, 0.25) is 0 Å². The number of aromatic nitrogens is 1. The lowest BCUT2D eigenvalue weighted by Crippen LogP contribution is -2.04. The van der Waals surface area contributed by atoms with E-state index < -0.39 is 11.1 Å². The molecule has 0 radical (unpaired) electrons. The number of pyridine rings is 1. The minimum atomic E-state index is -0.707. The summed E-state index contributed by atoms with van der Waals surface area (Å²) in [4.78, 5) is 13.7. The lowest BCUT2D eigenvalue weighted by atomic mass is 10.4. The molecule has 1 heterocycles. The van der Waals surface area contributed by atoms with Crippen LogP contribution in [0.5, 0.6) is 5.75 Å². The van der Waals surface area contributed by atoms with Crippen LogP contribution in [0.4, 0.5) is 4.39 Å². The zero-order valence-corrected chi connectivity index (χ0v) is 7.77. The van der Waals surface area contributed by atoms with Gasteiger partial charge in [0.1, 0.15) is 5.75 Å². The predicted octanol–water partition coefficient (Wildman–Crippen LogP) is 2.02. The van der Waals surface area contributed by atoms with Gasteiger partial charge in [-0.25, -0.2) is 9.37 Å². The highest BCUT2D eigenvalue weighted by Crippen LogP contribution is 2.17. The van der Waals surface area contributed by atoms with Crippen molar-refractivity contribution in [1.82, 2.24) is 4.98 Å². The Balaban J connectivity index is 2.68. The van der Waals surface area contributed by atoms with Crippen LogP contribution in [0, 0.1) is 5.82 Å². The van der Waals surface area contributed by atoms with Crippen molar-refractivity contribution in [3.8, 4) is 5.75 Å². The summed E-state index contributed by atoms with van der Waals surface area (Å²) in [5.41, 5.74) is 0. The highest BCUT2D eigenvalue weighted by atomic mass is 35.5. The van der Waals surface area contributed by atoms with Crippen LogP contribution in [0.3, 0.4) is 0 Å². The maximum absolute atomic E-state index is 12.7. The number of halogens is 3. The first-order valence-corrected chi connectivity index (χ1v) is 3.97. The van der Waals surface area contributed by atoms with E-state index in [9.17, 15) is 9.18 Å². The molecule has 0 aliphatic rings. The first kappa shape index (κ1) is 10.2. The molecular formula is C7H4Cl2FNO2.